The Morgan fingerprint density at radius 1 is 1.23 bits per heavy atom. The first-order chi connectivity index (χ1) is 16.5. The Morgan fingerprint density at radius 2 is 2.06 bits per heavy atom. The molecule has 2 aromatic heterocycles. The van der Waals surface area contributed by atoms with Gasteiger partial charge in [-0.2, -0.15) is 0 Å². The molecule has 1 amide bonds. The summed E-state index contributed by atoms with van der Waals surface area (Å²) in [7, 11) is 0. The van der Waals surface area contributed by atoms with Crippen molar-refractivity contribution in [3.8, 4) is 11.3 Å². The van der Waals surface area contributed by atoms with Gasteiger partial charge in [0, 0.05) is 49.2 Å². The predicted octanol–water partition coefficient (Wildman–Crippen LogP) is 4.08. The van der Waals surface area contributed by atoms with Gasteiger partial charge < -0.3 is 20.5 Å². The van der Waals surface area contributed by atoms with E-state index >= 15 is 0 Å². The molecule has 2 aliphatic heterocycles. The van der Waals surface area contributed by atoms with Crippen LogP contribution >= 0.6 is 23.7 Å². The van der Waals surface area contributed by atoms with Crippen LogP contribution in [0.4, 0.5) is 4.39 Å². The van der Waals surface area contributed by atoms with Gasteiger partial charge in [0.05, 0.1) is 22.0 Å². The van der Waals surface area contributed by atoms with E-state index in [1.807, 2.05) is 34.9 Å². The third-order valence-corrected chi connectivity index (χ3v) is 7.71. The summed E-state index contributed by atoms with van der Waals surface area (Å²) in [4.78, 5) is 18.1. The number of halogens is 2. The fourth-order valence-electron chi connectivity index (χ4n) is 4.81. The van der Waals surface area contributed by atoms with E-state index < -0.39 is 6.10 Å². The van der Waals surface area contributed by atoms with E-state index in [0.29, 0.717) is 43.0 Å². The van der Waals surface area contributed by atoms with Gasteiger partial charge >= 0.3 is 0 Å². The molecule has 0 saturated carbocycles. The van der Waals surface area contributed by atoms with E-state index in [0.717, 1.165) is 33.6 Å². The first-order valence-electron chi connectivity index (χ1n) is 11.6. The molecule has 0 bridgehead atoms. The fourth-order valence-corrected chi connectivity index (χ4v) is 5.86. The molecule has 0 unspecified atom stereocenters. The maximum absolute atomic E-state index is 15.0. The van der Waals surface area contributed by atoms with Crippen molar-refractivity contribution < 1.29 is 19.0 Å². The van der Waals surface area contributed by atoms with Crippen LogP contribution in [-0.4, -0.2) is 52.3 Å². The Morgan fingerprint density at radius 3 is 2.80 bits per heavy atom. The molecule has 7 nitrogen and oxygen atoms in total. The van der Waals surface area contributed by atoms with Crippen LogP contribution in [0.25, 0.3) is 26.4 Å². The van der Waals surface area contributed by atoms with Gasteiger partial charge in [-0.3, -0.25) is 9.20 Å². The standard InChI is InChI=1S/C25H25FN4O3S.ClH/c26-19-9-14(20-11-17(31)12-27-20)1-3-18(19)21-13-30-22-4-2-15(10-23(22)34-25(30)29-21)24(32)28-16-5-7-33-8-6-16;/h1-4,9-10,13,16-17,20,27,31H,5-8,11-12H2,(H,28,32);1H/t17-,20+;/m0./s1. The minimum Gasteiger partial charge on any atom is -0.392 e. The number of benzene rings is 2. The van der Waals surface area contributed by atoms with E-state index in [4.69, 9.17) is 4.74 Å². The number of amides is 1. The zero-order chi connectivity index (χ0) is 23.2. The quantitative estimate of drug-likeness (QED) is 0.380. The molecule has 10 heteroatoms. The summed E-state index contributed by atoms with van der Waals surface area (Å²) in [5.41, 5.74) is 3.39. The molecule has 35 heavy (non-hydrogen) atoms. The van der Waals surface area contributed by atoms with Crippen molar-refractivity contribution in [1.29, 1.82) is 0 Å². The molecule has 0 aliphatic carbocycles. The van der Waals surface area contributed by atoms with Crippen LogP contribution < -0.4 is 10.6 Å². The van der Waals surface area contributed by atoms with Crippen molar-refractivity contribution >= 4 is 44.8 Å². The third-order valence-electron chi connectivity index (χ3n) is 6.69. The lowest BCUT2D eigenvalue weighted by atomic mass is 10.0. The summed E-state index contributed by atoms with van der Waals surface area (Å²) in [6, 6.07) is 10.9. The molecule has 2 atom stereocenters. The summed E-state index contributed by atoms with van der Waals surface area (Å²) in [5, 5.41) is 16.0. The fraction of sp³-hybridized carbons (Fsp3) is 0.360. The third kappa shape index (κ3) is 4.66. The molecular formula is C25H26ClFN4O3S. The van der Waals surface area contributed by atoms with Gasteiger partial charge in [0.2, 0.25) is 0 Å². The summed E-state index contributed by atoms with van der Waals surface area (Å²) in [6.07, 6.45) is 3.70. The molecule has 2 fully saturated rings. The molecule has 2 saturated heterocycles. The second-order valence-corrected chi connectivity index (χ2v) is 10.0. The van der Waals surface area contributed by atoms with Crippen LogP contribution in [-0.2, 0) is 4.74 Å². The highest BCUT2D eigenvalue weighted by Crippen LogP contribution is 2.33. The maximum Gasteiger partial charge on any atom is 0.251 e. The Labute approximate surface area is 211 Å². The monoisotopic (exact) mass is 516 g/mol. The number of thiazole rings is 1. The minimum atomic E-state index is -0.394. The van der Waals surface area contributed by atoms with E-state index in [-0.39, 0.29) is 36.2 Å². The van der Waals surface area contributed by atoms with E-state index in [1.54, 1.807) is 6.07 Å². The highest BCUT2D eigenvalue weighted by molar-refractivity contribution is 7.23. The Kier molecular flexibility index (Phi) is 6.78. The number of aliphatic hydroxyl groups excluding tert-OH is 1. The molecular weight excluding hydrogens is 491 g/mol. The van der Waals surface area contributed by atoms with Crippen LogP contribution in [0.2, 0.25) is 0 Å². The SMILES string of the molecule is Cl.O=C(NC1CCOCC1)c1ccc2c(c1)sc1nc(-c3ccc([C@H]4C[C@H](O)CN4)cc3F)cn12. The van der Waals surface area contributed by atoms with Gasteiger partial charge in [-0.15, -0.1) is 12.4 Å². The number of β-amino-alcohol motifs (C(OH)–C–C–N with tert-alkyl or cyclic N) is 1. The maximum atomic E-state index is 15.0. The number of rotatable bonds is 4. The molecule has 0 spiro atoms. The van der Waals surface area contributed by atoms with Crippen LogP contribution in [0, 0.1) is 5.82 Å². The van der Waals surface area contributed by atoms with Gasteiger partial charge in [-0.1, -0.05) is 17.4 Å². The summed E-state index contributed by atoms with van der Waals surface area (Å²) < 4.78 is 23.2. The Hall–Kier alpha value is -2.56. The van der Waals surface area contributed by atoms with Gasteiger partial charge in [0.15, 0.2) is 4.96 Å². The summed E-state index contributed by atoms with van der Waals surface area (Å²) in [6.45, 7) is 1.88. The van der Waals surface area contributed by atoms with Crippen LogP contribution in [0.15, 0.2) is 42.6 Å². The second kappa shape index (κ2) is 9.83. The molecule has 2 aliphatic rings. The topological polar surface area (TPSA) is 87.9 Å². The first-order valence-corrected chi connectivity index (χ1v) is 12.4. The smallest absolute Gasteiger partial charge is 0.251 e. The molecule has 184 valence electrons. The number of imidazole rings is 1. The molecule has 4 aromatic rings. The zero-order valence-corrected chi connectivity index (χ0v) is 20.5. The number of nitrogens with one attached hydrogen (secondary N) is 2. The Bertz CT molecular complexity index is 1380. The number of nitrogens with zero attached hydrogens (tertiary/aromatic N) is 2. The van der Waals surface area contributed by atoms with E-state index in [2.05, 4.69) is 15.6 Å². The number of fused-ring (bicyclic) bond motifs is 3. The number of hydrogen-bond acceptors (Lipinski definition) is 6. The zero-order valence-electron chi connectivity index (χ0n) is 18.9. The van der Waals surface area contributed by atoms with Crippen molar-refractivity contribution in [3.63, 3.8) is 0 Å². The van der Waals surface area contributed by atoms with E-state index in [9.17, 15) is 14.3 Å². The van der Waals surface area contributed by atoms with Gasteiger partial charge in [0.1, 0.15) is 5.82 Å². The van der Waals surface area contributed by atoms with E-state index in [1.165, 1.54) is 17.4 Å². The van der Waals surface area contributed by atoms with Crippen molar-refractivity contribution in [2.45, 2.75) is 37.5 Å². The molecule has 2 aromatic carbocycles. The highest BCUT2D eigenvalue weighted by Gasteiger charge is 2.24. The average Bonchev–Trinajstić information content (AvgIpc) is 3.53. The van der Waals surface area contributed by atoms with Gasteiger partial charge in [-0.25, -0.2) is 9.37 Å². The highest BCUT2D eigenvalue weighted by atomic mass is 35.5. The number of ether oxygens (including phenoxy) is 1. The number of aromatic nitrogens is 2. The van der Waals surface area contributed by atoms with Crippen molar-refractivity contribution in [3.05, 3.63) is 59.5 Å². The molecule has 0 radical (unpaired) electrons. The van der Waals surface area contributed by atoms with Crippen LogP contribution in [0.5, 0.6) is 0 Å². The average molecular weight is 517 g/mol. The van der Waals surface area contributed by atoms with Crippen LogP contribution in [0.3, 0.4) is 0 Å². The number of aliphatic hydroxyl groups is 1. The van der Waals surface area contributed by atoms with Gasteiger partial charge in [0.25, 0.3) is 5.91 Å². The second-order valence-electron chi connectivity index (χ2n) is 9.01. The predicted molar refractivity (Wildman–Crippen MR) is 136 cm³/mol. The summed E-state index contributed by atoms with van der Waals surface area (Å²) >= 11 is 1.48. The number of hydrogen-bond donors (Lipinski definition) is 3. The van der Waals surface area contributed by atoms with Gasteiger partial charge in [-0.05, 0) is 55.2 Å². The lowest BCUT2D eigenvalue weighted by Crippen LogP contribution is -2.38. The normalized spacial score (nSPS) is 20.9. The number of carbonyl (C=O) groups excluding carboxylic acids is 1. The summed E-state index contributed by atoms with van der Waals surface area (Å²) in [5.74, 6) is -0.408. The van der Waals surface area contributed by atoms with Crippen LogP contribution in [0.1, 0.15) is 41.2 Å². The molecule has 3 N–H and O–H groups in total. The largest absolute Gasteiger partial charge is 0.392 e. The molecule has 6 rings (SSSR count). The van der Waals surface area contributed by atoms with Crippen molar-refractivity contribution in [2.75, 3.05) is 19.8 Å². The lowest BCUT2D eigenvalue weighted by Gasteiger charge is -2.23. The Balaban J connectivity index is 0.00000253. The number of carbonyl (C=O) groups is 1. The lowest BCUT2D eigenvalue weighted by molar-refractivity contribution is 0.0696. The van der Waals surface area contributed by atoms with Crippen molar-refractivity contribution in [2.24, 2.45) is 0 Å². The first kappa shape index (κ1) is 24.1. The minimum absolute atomic E-state index is 0. The van der Waals surface area contributed by atoms with Crippen molar-refractivity contribution in [1.82, 2.24) is 20.0 Å². The molecule has 4 heterocycles.